The van der Waals surface area contributed by atoms with E-state index in [0.717, 1.165) is 5.69 Å². The van der Waals surface area contributed by atoms with Gasteiger partial charge in [0, 0.05) is 30.4 Å². The van der Waals surface area contributed by atoms with E-state index < -0.39 is 12.0 Å². The van der Waals surface area contributed by atoms with Crippen LogP contribution < -0.4 is 10.6 Å². The van der Waals surface area contributed by atoms with Crippen LogP contribution in [-0.2, 0) is 4.79 Å². The highest BCUT2D eigenvalue weighted by atomic mass is 32.1. The zero-order chi connectivity index (χ0) is 26.6. The molecule has 10 heteroatoms. The molecule has 4 aromatic rings. The highest BCUT2D eigenvalue weighted by Crippen LogP contribution is 2.40. The third-order valence-electron chi connectivity index (χ3n) is 6.25. The van der Waals surface area contributed by atoms with Crippen molar-refractivity contribution in [3.63, 3.8) is 0 Å². The zero-order valence-corrected chi connectivity index (χ0v) is 20.8. The molecular weight excluding hydrogens is 507 g/mol. The lowest BCUT2D eigenvalue weighted by atomic mass is 10.0. The maximum Gasteiger partial charge on any atom is 0.336 e. The first-order valence-electron chi connectivity index (χ1n) is 11.9. The highest BCUT2D eigenvalue weighted by Gasteiger charge is 2.41. The Balaban J connectivity index is 1.42. The van der Waals surface area contributed by atoms with Crippen molar-refractivity contribution in [1.29, 1.82) is 0 Å². The van der Waals surface area contributed by atoms with Crippen molar-refractivity contribution in [2.24, 2.45) is 0 Å². The van der Waals surface area contributed by atoms with E-state index in [1.54, 1.807) is 36.5 Å². The fraction of sp³-hybridized carbons (Fsp3) is 0.143. The zero-order valence-electron chi connectivity index (χ0n) is 20.0. The molecule has 1 fully saturated rings. The number of aromatic carboxylic acids is 1. The largest absolute Gasteiger partial charge is 0.478 e. The molecule has 2 atom stereocenters. The van der Waals surface area contributed by atoms with Crippen LogP contribution in [0, 0.1) is 5.82 Å². The van der Waals surface area contributed by atoms with Gasteiger partial charge < -0.3 is 25.1 Å². The fourth-order valence-corrected chi connectivity index (χ4v) is 4.81. The number of halogens is 1. The molecule has 0 unspecified atom stereocenters. The lowest BCUT2D eigenvalue weighted by Crippen LogP contribution is -2.32. The Morgan fingerprint density at radius 1 is 1.05 bits per heavy atom. The normalized spacial score (nSPS) is 16.8. The molecule has 5 rings (SSSR count). The van der Waals surface area contributed by atoms with Crippen molar-refractivity contribution in [3.05, 3.63) is 108 Å². The SMILES string of the molecule is O=C(CCN1C(=S)N[C@H](c2ccccn2)[C@@H]1c1ccc(-c2ccccc2C(=O)O)o1)Nc1ccc(F)cc1. The second-order valence-corrected chi connectivity index (χ2v) is 9.06. The topological polar surface area (TPSA) is 108 Å². The summed E-state index contributed by atoms with van der Waals surface area (Å²) in [6.45, 7) is 0.272. The van der Waals surface area contributed by atoms with Crippen molar-refractivity contribution >= 4 is 34.9 Å². The number of nitrogens with one attached hydrogen (secondary N) is 2. The van der Waals surface area contributed by atoms with Gasteiger partial charge in [0.15, 0.2) is 5.11 Å². The Kier molecular flexibility index (Phi) is 7.14. The Labute approximate surface area is 223 Å². The minimum Gasteiger partial charge on any atom is -0.478 e. The van der Waals surface area contributed by atoms with Gasteiger partial charge in [-0.1, -0.05) is 24.3 Å². The first-order chi connectivity index (χ1) is 18.4. The first-order valence-corrected chi connectivity index (χ1v) is 12.3. The van der Waals surface area contributed by atoms with Gasteiger partial charge in [0.25, 0.3) is 0 Å². The fourth-order valence-electron chi connectivity index (χ4n) is 4.47. The summed E-state index contributed by atoms with van der Waals surface area (Å²) in [4.78, 5) is 30.8. The van der Waals surface area contributed by atoms with E-state index in [4.69, 9.17) is 16.6 Å². The molecule has 0 aliphatic carbocycles. The number of thiocarbonyl (C=S) groups is 1. The molecule has 192 valence electrons. The first kappa shape index (κ1) is 25.1. The Hall–Kier alpha value is -4.57. The lowest BCUT2D eigenvalue weighted by Gasteiger charge is -2.25. The smallest absolute Gasteiger partial charge is 0.336 e. The molecule has 3 N–H and O–H groups in total. The van der Waals surface area contributed by atoms with Crippen LogP contribution in [0.3, 0.4) is 0 Å². The summed E-state index contributed by atoms with van der Waals surface area (Å²) >= 11 is 5.64. The number of pyridine rings is 1. The van der Waals surface area contributed by atoms with Crippen LogP contribution in [0.1, 0.15) is 40.3 Å². The molecule has 38 heavy (non-hydrogen) atoms. The van der Waals surface area contributed by atoms with E-state index in [1.165, 1.54) is 30.3 Å². The number of anilines is 1. The molecule has 1 saturated heterocycles. The van der Waals surface area contributed by atoms with E-state index >= 15 is 0 Å². The average molecular weight is 531 g/mol. The van der Waals surface area contributed by atoms with Crippen molar-refractivity contribution < 1.29 is 23.5 Å². The second kappa shape index (κ2) is 10.8. The predicted molar refractivity (Wildman–Crippen MR) is 143 cm³/mol. The average Bonchev–Trinajstić information content (AvgIpc) is 3.53. The lowest BCUT2D eigenvalue weighted by molar-refractivity contribution is -0.116. The summed E-state index contributed by atoms with van der Waals surface area (Å²) in [7, 11) is 0. The molecule has 0 spiro atoms. The number of carboxylic acid groups (broad SMARTS) is 1. The summed E-state index contributed by atoms with van der Waals surface area (Å²) < 4.78 is 19.4. The standard InChI is InChI=1S/C28H23FN4O4S/c29-17-8-10-18(11-9-17)31-24(34)14-16-33-26(25(32-28(33)38)21-7-3-4-15-30-21)23-13-12-22(37-23)19-5-1-2-6-20(19)27(35)36/h1-13,15,25-26H,14,16H2,(H,31,34)(H,32,38)(H,35,36)/t25-,26+/m1/s1. The van der Waals surface area contributed by atoms with E-state index in [9.17, 15) is 19.1 Å². The minimum absolute atomic E-state index is 0.111. The van der Waals surface area contributed by atoms with Gasteiger partial charge in [0.1, 0.15) is 23.4 Å². The van der Waals surface area contributed by atoms with Gasteiger partial charge in [-0.25, -0.2) is 9.18 Å². The van der Waals surface area contributed by atoms with E-state index in [-0.39, 0.29) is 36.3 Å². The maximum absolute atomic E-state index is 13.2. The van der Waals surface area contributed by atoms with Crippen molar-refractivity contribution in [3.8, 4) is 11.3 Å². The van der Waals surface area contributed by atoms with Crippen LogP contribution in [0.25, 0.3) is 11.3 Å². The number of hydrogen-bond acceptors (Lipinski definition) is 5. The number of benzene rings is 2. The van der Waals surface area contributed by atoms with Crippen molar-refractivity contribution in [2.45, 2.75) is 18.5 Å². The van der Waals surface area contributed by atoms with Gasteiger partial charge in [-0.2, -0.15) is 0 Å². The van der Waals surface area contributed by atoms with Gasteiger partial charge in [-0.3, -0.25) is 9.78 Å². The Morgan fingerprint density at radius 2 is 1.82 bits per heavy atom. The molecule has 1 aliphatic heterocycles. The number of carboxylic acids is 1. The number of carbonyl (C=O) groups excluding carboxylic acids is 1. The number of rotatable bonds is 8. The third kappa shape index (κ3) is 5.25. The highest BCUT2D eigenvalue weighted by molar-refractivity contribution is 7.80. The van der Waals surface area contributed by atoms with Crippen LogP contribution in [0.15, 0.2) is 89.5 Å². The van der Waals surface area contributed by atoms with Gasteiger partial charge in [-0.05, 0) is 66.8 Å². The number of carbonyl (C=O) groups is 2. The van der Waals surface area contributed by atoms with Crippen molar-refractivity contribution in [1.82, 2.24) is 15.2 Å². The summed E-state index contributed by atoms with van der Waals surface area (Å²) in [5, 5.41) is 16.1. The monoisotopic (exact) mass is 530 g/mol. The Bertz CT molecular complexity index is 1480. The number of amides is 1. The molecule has 2 aromatic carbocycles. The van der Waals surface area contributed by atoms with Gasteiger partial charge in [0.05, 0.1) is 17.3 Å². The molecule has 1 aliphatic rings. The molecule has 2 aromatic heterocycles. The van der Waals surface area contributed by atoms with E-state index in [0.29, 0.717) is 27.9 Å². The van der Waals surface area contributed by atoms with Gasteiger partial charge in [-0.15, -0.1) is 0 Å². The van der Waals surface area contributed by atoms with Crippen molar-refractivity contribution in [2.75, 3.05) is 11.9 Å². The second-order valence-electron chi connectivity index (χ2n) is 8.68. The summed E-state index contributed by atoms with van der Waals surface area (Å²) in [5.41, 5.74) is 1.82. The third-order valence-corrected chi connectivity index (χ3v) is 6.60. The molecule has 0 radical (unpaired) electrons. The van der Waals surface area contributed by atoms with Crippen LogP contribution >= 0.6 is 12.2 Å². The molecule has 0 bridgehead atoms. The van der Waals surface area contributed by atoms with Crippen LogP contribution in [0.2, 0.25) is 0 Å². The molecule has 8 nitrogen and oxygen atoms in total. The molecule has 1 amide bonds. The van der Waals surface area contributed by atoms with E-state index in [2.05, 4.69) is 15.6 Å². The van der Waals surface area contributed by atoms with E-state index in [1.807, 2.05) is 23.1 Å². The quantitative estimate of drug-likeness (QED) is 0.268. The molecular formula is C28H23FN4O4S. The summed E-state index contributed by atoms with van der Waals surface area (Å²) in [5.74, 6) is -0.743. The maximum atomic E-state index is 13.2. The number of furan rings is 1. The summed E-state index contributed by atoms with van der Waals surface area (Å²) in [6.07, 6.45) is 1.80. The number of nitrogens with zero attached hydrogens (tertiary/aromatic N) is 2. The van der Waals surface area contributed by atoms with Crippen LogP contribution in [0.5, 0.6) is 0 Å². The van der Waals surface area contributed by atoms with Gasteiger partial charge in [0.2, 0.25) is 5.91 Å². The summed E-state index contributed by atoms with van der Waals surface area (Å²) in [6, 6.07) is 20.4. The predicted octanol–water partition coefficient (Wildman–Crippen LogP) is 5.18. The number of aromatic nitrogens is 1. The van der Waals surface area contributed by atoms with Crippen LogP contribution in [-0.4, -0.2) is 38.5 Å². The minimum atomic E-state index is -1.05. The molecule has 3 heterocycles. The number of hydrogen-bond donors (Lipinski definition) is 3. The van der Waals surface area contributed by atoms with Gasteiger partial charge >= 0.3 is 5.97 Å². The van der Waals surface area contributed by atoms with Crippen LogP contribution in [0.4, 0.5) is 10.1 Å². The molecule has 0 saturated carbocycles. The Morgan fingerprint density at radius 3 is 2.55 bits per heavy atom.